The second-order valence-corrected chi connectivity index (χ2v) is 5.68. The molecule has 0 atom stereocenters. The lowest BCUT2D eigenvalue weighted by Gasteiger charge is -2.09. The molecule has 0 heterocycles. The van der Waals surface area contributed by atoms with E-state index in [1.54, 1.807) is 38.1 Å². The number of amides is 2. The van der Waals surface area contributed by atoms with E-state index in [9.17, 15) is 24.5 Å². The monoisotopic (exact) mass is 385 g/mol. The third-order valence-electron chi connectivity index (χ3n) is 3.63. The Bertz CT molecular complexity index is 926. The zero-order chi connectivity index (χ0) is 20.7. The summed E-state index contributed by atoms with van der Waals surface area (Å²) in [5.41, 5.74) is 0.309. The largest absolute Gasteiger partial charge is 0.462 e. The van der Waals surface area contributed by atoms with Crippen LogP contribution in [0.25, 0.3) is 0 Å². The summed E-state index contributed by atoms with van der Waals surface area (Å²) in [4.78, 5) is 46.4. The van der Waals surface area contributed by atoms with Gasteiger partial charge in [-0.25, -0.2) is 4.79 Å². The van der Waals surface area contributed by atoms with Gasteiger partial charge in [0.1, 0.15) is 0 Å². The second kappa shape index (κ2) is 9.26. The van der Waals surface area contributed by atoms with Crippen LogP contribution in [0.4, 0.5) is 17.1 Å². The molecule has 0 bridgehead atoms. The van der Waals surface area contributed by atoms with Gasteiger partial charge in [0.25, 0.3) is 11.6 Å². The van der Waals surface area contributed by atoms with Gasteiger partial charge in [0, 0.05) is 35.5 Å². The average molecular weight is 385 g/mol. The summed E-state index contributed by atoms with van der Waals surface area (Å²) in [6.45, 7) is 3.41. The predicted octanol–water partition coefficient (Wildman–Crippen LogP) is 3.37. The first kappa shape index (κ1) is 20.6. The second-order valence-electron chi connectivity index (χ2n) is 5.68. The van der Waals surface area contributed by atoms with E-state index in [-0.39, 0.29) is 23.6 Å². The van der Waals surface area contributed by atoms with Crippen LogP contribution in [0.15, 0.2) is 42.5 Å². The maximum Gasteiger partial charge on any atom is 0.338 e. The van der Waals surface area contributed by atoms with Crippen LogP contribution < -0.4 is 10.6 Å². The quantitative estimate of drug-likeness (QED) is 0.427. The van der Waals surface area contributed by atoms with E-state index in [1.807, 2.05) is 0 Å². The molecule has 9 nitrogen and oxygen atoms in total. The van der Waals surface area contributed by atoms with Crippen molar-refractivity contribution in [2.24, 2.45) is 0 Å². The molecule has 0 fully saturated rings. The molecule has 2 aromatic carbocycles. The van der Waals surface area contributed by atoms with Crippen LogP contribution in [0.5, 0.6) is 0 Å². The number of rotatable bonds is 7. The first-order valence-electron chi connectivity index (χ1n) is 8.52. The van der Waals surface area contributed by atoms with Crippen molar-refractivity contribution < 1.29 is 24.0 Å². The van der Waals surface area contributed by atoms with Crippen molar-refractivity contribution in [2.75, 3.05) is 17.2 Å². The van der Waals surface area contributed by atoms with Gasteiger partial charge in [-0.1, -0.05) is 13.0 Å². The van der Waals surface area contributed by atoms with Gasteiger partial charge in [-0.3, -0.25) is 19.7 Å². The molecule has 0 saturated carbocycles. The molecule has 2 rings (SSSR count). The van der Waals surface area contributed by atoms with Crippen molar-refractivity contribution in [3.8, 4) is 0 Å². The molecule has 28 heavy (non-hydrogen) atoms. The average Bonchev–Trinajstić information content (AvgIpc) is 2.67. The zero-order valence-corrected chi connectivity index (χ0v) is 15.4. The molecule has 0 aliphatic heterocycles. The number of non-ortho nitro benzene ring substituents is 1. The molecule has 146 valence electrons. The van der Waals surface area contributed by atoms with Crippen LogP contribution >= 0.6 is 0 Å². The Labute approximate surface area is 160 Å². The minimum atomic E-state index is -0.760. The number of carbonyl (C=O) groups is 3. The fraction of sp³-hybridized carbons (Fsp3) is 0.211. The van der Waals surface area contributed by atoms with Crippen molar-refractivity contribution in [2.45, 2.75) is 20.3 Å². The minimum Gasteiger partial charge on any atom is -0.462 e. The molecule has 0 spiro atoms. The Kier molecular flexibility index (Phi) is 6.80. The van der Waals surface area contributed by atoms with Gasteiger partial charge in [-0.2, -0.15) is 0 Å². The molecule has 0 saturated heterocycles. The summed E-state index contributed by atoms with van der Waals surface area (Å²) >= 11 is 0. The lowest BCUT2D eigenvalue weighted by Crippen LogP contribution is -2.15. The standard InChI is InChI=1S/C19H19N3O6/c1-3-17(23)20-14-6-5-7-15(11-14)21-18(24)12-8-13(19(25)28-4-2)10-16(9-12)22(26)27/h5-11H,3-4H2,1-2H3,(H,20,23)(H,21,24). The number of carbonyl (C=O) groups excluding carboxylic acids is 3. The smallest absolute Gasteiger partial charge is 0.338 e. The Morgan fingerprint density at radius 3 is 2.25 bits per heavy atom. The fourth-order valence-electron chi connectivity index (χ4n) is 2.31. The number of hydrogen-bond donors (Lipinski definition) is 2. The van der Waals surface area contributed by atoms with Crippen LogP contribution in [0.2, 0.25) is 0 Å². The molecule has 0 aliphatic carbocycles. The van der Waals surface area contributed by atoms with Crippen LogP contribution in [0.3, 0.4) is 0 Å². The summed E-state index contributed by atoms with van der Waals surface area (Å²) in [7, 11) is 0. The highest BCUT2D eigenvalue weighted by Crippen LogP contribution is 2.21. The number of nitrogens with one attached hydrogen (secondary N) is 2. The van der Waals surface area contributed by atoms with E-state index in [1.165, 1.54) is 6.07 Å². The van der Waals surface area contributed by atoms with Crippen molar-refractivity contribution in [1.29, 1.82) is 0 Å². The molecule has 2 N–H and O–H groups in total. The molecule has 9 heteroatoms. The van der Waals surface area contributed by atoms with Gasteiger partial charge >= 0.3 is 5.97 Å². The van der Waals surface area contributed by atoms with E-state index in [0.717, 1.165) is 12.1 Å². The summed E-state index contributed by atoms with van der Waals surface area (Å²) in [6.07, 6.45) is 0.306. The van der Waals surface area contributed by atoms with Crippen LogP contribution in [0.1, 0.15) is 41.0 Å². The van der Waals surface area contributed by atoms with E-state index in [2.05, 4.69) is 10.6 Å². The van der Waals surface area contributed by atoms with Crippen molar-refractivity contribution in [3.63, 3.8) is 0 Å². The molecule has 0 radical (unpaired) electrons. The first-order chi connectivity index (χ1) is 13.3. The highest BCUT2D eigenvalue weighted by molar-refractivity contribution is 6.06. The molecular formula is C19H19N3O6. The molecule has 0 aromatic heterocycles. The molecule has 2 aromatic rings. The minimum absolute atomic E-state index is 0.0692. The Morgan fingerprint density at radius 2 is 1.64 bits per heavy atom. The van der Waals surface area contributed by atoms with Crippen LogP contribution in [-0.4, -0.2) is 29.3 Å². The predicted molar refractivity (Wildman–Crippen MR) is 102 cm³/mol. The molecular weight excluding hydrogens is 366 g/mol. The Hall–Kier alpha value is -3.75. The van der Waals surface area contributed by atoms with Crippen LogP contribution in [-0.2, 0) is 9.53 Å². The first-order valence-corrected chi connectivity index (χ1v) is 8.52. The van der Waals surface area contributed by atoms with Gasteiger partial charge in [0.15, 0.2) is 0 Å². The van der Waals surface area contributed by atoms with Crippen LogP contribution in [0, 0.1) is 10.1 Å². The number of nitro groups is 1. The molecule has 0 aliphatic rings. The van der Waals surface area contributed by atoms with Crippen molar-refractivity contribution in [1.82, 2.24) is 0 Å². The third-order valence-corrected chi connectivity index (χ3v) is 3.63. The summed E-state index contributed by atoms with van der Waals surface area (Å²) < 4.78 is 4.85. The fourth-order valence-corrected chi connectivity index (χ4v) is 2.31. The summed E-state index contributed by atoms with van der Waals surface area (Å²) in [5, 5.41) is 16.4. The number of anilines is 2. The number of benzene rings is 2. The van der Waals surface area contributed by atoms with Gasteiger partial charge in [-0.15, -0.1) is 0 Å². The number of hydrogen-bond acceptors (Lipinski definition) is 6. The van der Waals surface area contributed by atoms with E-state index >= 15 is 0 Å². The summed E-state index contributed by atoms with van der Waals surface area (Å²) in [5.74, 6) is -1.58. The van der Waals surface area contributed by atoms with Gasteiger partial charge in [0.2, 0.25) is 5.91 Å². The maximum absolute atomic E-state index is 12.5. The number of nitro benzene ring substituents is 1. The lowest BCUT2D eigenvalue weighted by atomic mass is 10.1. The SMILES string of the molecule is CCOC(=O)c1cc(C(=O)Nc2cccc(NC(=O)CC)c2)cc([N+](=O)[O-])c1. The normalized spacial score (nSPS) is 10.1. The highest BCUT2D eigenvalue weighted by Gasteiger charge is 2.19. The molecule has 2 amide bonds. The zero-order valence-electron chi connectivity index (χ0n) is 15.4. The van der Waals surface area contributed by atoms with Crippen molar-refractivity contribution >= 4 is 34.8 Å². The number of nitrogens with zero attached hydrogens (tertiary/aromatic N) is 1. The highest BCUT2D eigenvalue weighted by atomic mass is 16.6. The van der Waals surface area contributed by atoms with E-state index < -0.39 is 22.5 Å². The van der Waals surface area contributed by atoms with Gasteiger partial charge in [-0.05, 0) is 31.2 Å². The Balaban J connectivity index is 2.28. The van der Waals surface area contributed by atoms with Gasteiger partial charge < -0.3 is 15.4 Å². The summed E-state index contributed by atoms with van der Waals surface area (Å²) in [6, 6.07) is 9.80. The lowest BCUT2D eigenvalue weighted by molar-refractivity contribution is -0.384. The third kappa shape index (κ3) is 5.37. The number of esters is 1. The van der Waals surface area contributed by atoms with E-state index in [4.69, 9.17) is 4.74 Å². The van der Waals surface area contributed by atoms with E-state index in [0.29, 0.717) is 17.8 Å². The number of ether oxygens (including phenoxy) is 1. The topological polar surface area (TPSA) is 128 Å². The maximum atomic E-state index is 12.5. The van der Waals surface area contributed by atoms with Gasteiger partial charge in [0.05, 0.1) is 17.1 Å². The molecule has 0 unspecified atom stereocenters. The Morgan fingerprint density at radius 1 is 1.00 bits per heavy atom. The van der Waals surface area contributed by atoms with Crippen molar-refractivity contribution in [3.05, 3.63) is 63.7 Å².